The molecule has 0 radical (unpaired) electrons. The van der Waals surface area contributed by atoms with Gasteiger partial charge in [-0.15, -0.1) is 0 Å². The SMILES string of the molecule is c1ncn(-c2ccc(NC3CCN(C4CC4)C3)cc2)n1. The van der Waals surface area contributed by atoms with Crippen LogP contribution in [0.4, 0.5) is 5.69 Å². The molecule has 1 aliphatic carbocycles. The molecule has 1 aromatic carbocycles. The van der Waals surface area contributed by atoms with Gasteiger partial charge in [-0.1, -0.05) is 0 Å². The molecule has 4 rings (SSSR count). The molecule has 20 heavy (non-hydrogen) atoms. The van der Waals surface area contributed by atoms with Gasteiger partial charge in [-0.3, -0.25) is 4.90 Å². The number of hydrogen-bond donors (Lipinski definition) is 1. The molecule has 2 aromatic rings. The number of hydrogen-bond acceptors (Lipinski definition) is 4. The van der Waals surface area contributed by atoms with Crippen LogP contribution in [0, 0.1) is 0 Å². The lowest BCUT2D eigenvalue weighted by molar-refractivity contribution is 0.326. The maximum atomic E-state index is 4.13. The summed E-state index contributed by atoms with van der Waals surface area (Å²) < 4.78 is 1.77. The van der Waals surface area contributed by atoms with Gasteiger partial charge in [-0.2, -0.15) is 5.10 Å². The molecule has 0 spiro atoms. The first-order chi connectivity index (χ1) is 9.88. The number of benzene rings is 1. The molecule has 1 N–H and O–H groups in total. The predicted molar refractivity (Wildman–Crippen MR) is 78.0 cm³/mol. The van der Waals surface area contributed by atoms with Crippen LogP contribution in [0.2, 0.25) is 0 Å². The van der Waals surface area contributed by atoms with E-state index in [1.54, 1.807) is 17.3 Å². The second-order valence-corrected chi connectivity index (χ2v) is 5.74. The van der Waals surface area contributed by atoms with E-state index in [4.69, 9.17) is 0 Å². The van der Waals surface area contributed by atoms with E-state index in [2.05, 4.69) is 44.6 Å². The third kappa shape index (κ3) is 2.41. The molecule has 1 saturated heterocycles. The summed E-state index contributed by atoms with van der Waals surface area (Å²) in [7, 11) is 0. The molecule has 5 nitrogen and oxygen atoms in total. The highest BCUT2D eigenvalue weighted by atomic mass is 15.3. The topological polar surface area (TPSA) is 46.0 Å². The van der Waals surface area contributed by atoms with Crippen molar-refractivity contribution in [2.75, 3.05) is 18.4 Å². The van der Waals surface area contributed by atoms with Gasteiger partial charge in [-0.25, -0.2) is 9.67 Å². The van der Waals surface area contributed by atoms with Gasteiger partial charge >= 0.3 is 0 Å². The number of likely N-dealkylation sites (tertiary alicyclic amines) is 1. The van der Waals surface area contributed by atoms with Gasteiger partial charge in [0.05, 0.1) is 5.69 Å². The fourth-order valence-electron chi connectivity index (χ4n) is 2.96. The van der Waals surface area contributed by atoms with E-state index in [9.17, 15) is 0 Å². The number of aromatic nitrogens is 3. The highest BCUT2D eigenvalue weighted by molar-refractivity contribution is 5.49. The van der Waals surface area contributed by atoms with E-state index in [1.165, 1.54) is 38.0 Å². The molecule has 0 bridgehead atoms. The highest BCUT2D eigenvalue weighted by Crippen LogP contribution is 2.30. The van der Waals surface area contributed by atoms with Crippen LogP contribution in [0.15, 0.2) is 36.9 Å². The summed E-state index contributed by atoms with van der Waals surface area (Å²) >= 11 is 0. The summed E-state index contributed by atoms with van der Waals surface area (Å²) in [6, 6.07) is 9.87. The van der Waals surface area contributed by atoms with Crippen molar-refractivity contribution in [3.8, 4) is 5.69 Å². The molecule has 1 aromatic heterocycles. The molecule has 1 saturated carbocycles. The first kappa shape index (κ1) is 11.9. The molecule has 1 unspecified atom stereocenters. The van der Waals surface area contributed by atoms with Crippen molar-refractivity contribution in [1.29, 1.82) is 0 Å². The van der Waals surface area contributed by atoms with Gasteiger partial charge in [0.15, 0.2) is 0 Å². The highest BCUT2D eigenvalue weighted by Gasteiger charge is 2.34. The van der Waals surface area contributed by atoms with E-state index >= 15 is 0 Å². The molecule has 0 amide bonds. The number of anilines is 1. The lowest BCUT2D eigenvalue weighted by atomic mass is 10.2. The number of nitrogens with one attached hydrogen (secondary N) is 1. The summed E-state index contributed by atoms with van der Waals surface area (Å²) in [5.41, 5.74) is 2.23. The fourth-order valence-corrected chi connectivity index (χ4v) is 2.96. The number of rotatable bonds is 4. The third-order valence-corrected chi connectivity index (χ3v) is 4.20. The molecule has 2 heterocycles. The van der Waals surface area contributed by atoms with Gasteiger partial charge in [0, 0.05) is 30.9 Å². The van der Waals surface area contributed by atoms with Crippen LogP contribution in [0.3, 0.4) is 0 Å². The Morgan fingerprint density at radius 3 is 2.65 bits per heavy atom. The lowest BCUT2D eigenvalue weighted by Crippen LogP contribution is -2.27. The minimum atomic E-state index is 0.591. The molecule has 2 aliphatic rings. The Morgan fingerprint density at radius 1 is 1.10 bits per heavy atom. The number of nitrogens with zero attached hydrogens (tertiary/aromatic N) is 4. The van der Waals surface area contributed by atoms with Crippen LogP contribution < -0.4 is 5.32 Å². The molecular weight excluding hydrogens is 250 g/mol. The van der Waals surface area contributed by atoms with Crippen molar-refractivity contribution in [1.82, 2.24) is 19.7 Å². The summed E-state index contributed by atoms with van der Waals surface area (Å²) in [6.45, 7) is 2.44. The minimum absolute atomic E-state index is 0.591. The largest absolute Gasteiger partial charge is 0.381 e. The zero-order valence-electron chi connectivity index (χ0n) is 11.4. The standard InChI is InChI=1S/C15H19N5/c1-3-15(20-11-16-10-17-20)4-2-12(1)18-13-7-8-19(9-13)14-5-6-14/h1-4,10-11,13-14,18H,5-9H2. The van der Waals surface area contributed by atoms with Crippen molar-refractivity contribution in [3.63, 3.8) is 0 Å². The Balaban J connectivity index is 1.39. The van der Waals surface area contributed by atoms with Crippen molar-refractivity contribution in [2.45, 2.75) is 31.3 Å². The summed E-state index contributed by atoms with van der Waals surface area (Å²) in [5.74, 6) is 0. The normalized spacial score (nSPS) is 23.1. The van der Waals surface area contributed by atoms with Crippen LogP contribution in [0.5, 0.6) is 0 Å². The van der Waals surface area contributed by atoms with Gasteiger partial charge in [-0.05, 0) is 43.5 Å². The van der Waals surface area contributed by atoms with Crippen molar-refractivity contribution in [3.05, 3.63) is 36.9 Å². The summed E-state index contributed by atoms with van der Waals surface area (Å²) in [6.07, 6.45) is 7.32. The second-order valence-electron chi connectivity index (χ2n) is 5.74. The Labute approximate surface area is 118 Å². The molecule has 5 heteroatoms. The Kier molecular flexibility index (Phi) is 2.92. The molecular formula is C15H19N5. The maximum absolute atomic E-state index is 4.13. The quantitative estimate of drug-likeness (QED) is 0.921. The lowest BCUT2D eigenvalue weighted by Gasteiger charge is -2.16. The molecule has 1 atom stereocenters. The first-order valence-corrected chi connectivity index (χ1v) is 7.34. The predicted octanol–water partition coefficient (Wildman–Crippen LogP) is 1.92. The fraction of sp³-hybridized carbons (Fsp3) is 0.467. The summed E-state index contributed by atoms with van der Waals surface area (Å²) in [5, 5.41) is 7.77. The Morgan fingerprint density at radius 2 is 1.95 bits per heavy atom. The van der Waals surface area contributed by atoms with E-state index < -0.39 is 0 Å². The Hall–Kier alpha value is -1.88. The zero-order chi connectivity index (χ0) is 13.4. The monoisotopic (exact) mass is 269 g/mol. The van der Waals surface area contributed by atoms with Crippen LogP contribution in [0.1, 0.15) is 19.3 Å². The van der Waals surface area contributed by atoms with Crippen molar-refractivity contribution < 1.29 is 0 Å². The van der Waals surface area contributed by atoms with Gasteiger partial charge in [0.25, 0.3) is 0 Å². The van der Waals surface area contributed by atoms with E-state index in [0.29, 0.717) is 6.04 Å². The average Bonchev–Trinajstić information content (AvgIpc) is 3.00. The van der Waals surface area contributed by atoms with Gasteiger partial charge in [0.1, 0.15) is 12.7 Å². The van der Waals surface area contributed by atoms with Crippen molar-refractivity contribution in [2.24, 2.45) is 0 Å². The molecule has 1 aliphatic heterocycles. The van der Waals surface area contributed by atoms with Crippen LogP contribution in [-0.2, 0) is 0 Å². The van der Waals surface area contributed by atoms with Gasteiger partial charge in [0.2, 0.25) is 0 Å². The first-order valence-electron chi connectivity index (χ1n) is 7.34. The van der Waals surface area contributed by atoms with Gasteiger partial charge < -0.3 is 5.32 Å². The third-order valence-electron chi connectivity index (χ3n) is 4.20. The minimum Gasteiger partial charge on any atom is -0.381 e. The van der Waals surface area contributed by atoms with Crippen LogP contribution in [0.25, 0.3) is 5.69 Å². The maximum Gasteiger partial charge on any atom is 0.138 e. The average molecular weight is 269 g/mol. The van der Waals surface area contributed by atoms with E-state index in [0.717, 1.165) is 11.7 Å². The second kappa shape index (κ2) is 4.90. The molecule has 104 valence electrons. The Bertz CT molecular complexity index is 558. The van der Waals surface area contributed by atoms with Crippen LogP contribution >= 0.6 is 0 Å². The smallest absolute Gasteiger partial charge is 0.138 e. The van der Waals surface area contributed by atoms with E-state index in [-0.39, 0.29) is 0 Å². The molecule has 2 fully saturated rings. The summed E-state index contributed by atoms with van der Waals surface area (Å²) in [4.78, 5) is 6.59. The van der Waals surface area contributed by atoms with E-state index in [1.807, 2.05) is 0 Å². The van der Waals surface area contributed by atoms with Crippen molar-refractivity contribution >= 4 is 5.69 Å². The zero-order valence-corrected chi connectivity index (χ0v) is 11.4. The van der Waals surface area contributed by atoms with Crippen LogP contribution in [-0.4, -0.2) is 44.8 Å².